The minimum absolute atomic E-state index is 0.0161. The second-order valence-electron chi connectivity index (χ2n) is 27.9. The molecular weight excluding hydrogens is 1770 g/mol. The van der Waals surface area contributed by atoms with Crippen LogP contribution in [0.15, 0.2) is 287 Å². The summed E-state index contributed by atoms with van der Waals surface area (Å²) in [5.74, 6) is 3.34. The molecule has 12 N–H and O–H groups in total. The molecule has 0 spiro atoms. The Hall–Kier alpha value is -15.1. The molecule has 14 rings (SSSR count). The van der Waals surface area contributed by atoms with E-state index >= 15 is 0 Å². The van der Waals surface area contributed by atoms with Crippen molar-refractivity contribution in [3.05, 3.63) is 289 Å². The van der Waals surface area contributed by atoms with Crippen LogP contribution < -0.4 is 63.0 Å². The molecule has 10 aromatic carbocycles. The molecule has 684 valence electrons. The maximum Gasteiger partial charge on any atom is 0.297 e. The Morgan fingerprint density at radius 3 is 0.667 bits per heavy atom. The minimum Gasteiger partial charge on any atom is -0.395 e. The van der Waals surface area contributed by atoms with Crippen LogP contribution in [0, 0.1) is 13.8 Å². The minimum atomic E-state index is -3.94. The molecule has 38 nitrogen and oxygen atoms in total. The number of aryl methyl sites for hydroxylation is 2. The second kappa shape index (κ2) is 46.7. The summed E-state index contributed by atoms with van der Waals surface area (Å²) in [4.78, 5) is 56.6. The van der Waals surface area contributed by atoms with Crippen molar-refractivity contribution in [2.24, 2.45) is 0 Å². The lowest BCUT2D eigenvalue weighted by Crippen LogP contribution is -2.24. The molecule has 0 aliphatic carbocycles. The third-order valence-electron chi connectivity index (χ3n) is 18.3. The summed E-state index contributed by atoms with van der Waals surface area (Å²) in [5.41, 5.74) is 8.80. The predicted octanol–water partition coefficient (Wildman–Crippen LogP) is 15.8. The van der Waals surface area contributed by atoms with Crippen molar-refractivity contribution in [1.29, 1.82) is 0 Å². The lowest BCUT2D eigenvalue weighted by molar-refractivity contribution is 0.303. The van der Waals surface area contributed by atoms with Crippen molar-refractivity contribution in [3.63, 3.8) is 0 Å². The Balaban J connectivity index is 0.000000170. The monoisotopic (exact) mass is 1860 g/mol. The number of nitrogens with one attached hydrogen (secondary N) is 10. The SMILES string of the molecule is CC=Cc1ccc(Nc2nc(Nc3ccccc3)nc(N(C)CCO)n2)cc1S(=O)(=O)OC.CC=Cc1ccc(Nc2nc(Nc3ccccc3)nc(Nc3ccccc3)n2)cc1S(=O)(=O)OC.COS(=O)(=O)c1cc(Nc2nc(Nc3ccccc3)nc(N(C)CCO)n2)ccc1C.COS(=O)(=O)c1cc(Nc2nc(Nc3ccccc3)nc(Nc3ccccc3)n2)ccc1C. The van der Waals surface area contributed by atoms with Gasteiger partial charge in [-0.2, -0.15) is 93.5 Å². The molecule has 0 aliphatic rings. The van der Waals surface area contributed by atoms with Gasteiger partial charge in [-0.3, -0.25) is 16.7 Å². The van der Waals surface area contributed by atoms with Crippen molar-refractivity contribution < 1.29 is 60.6 Å². The molecule has 0 saturated carbocycles. The zero-order chi connectivity index (χ0) is 94.2. The average Bonchev–Trinajstić information content (AvgIpc) is 0.823. The summed E-state index contributed by atoms with van der Waals surface area (Å²) in [7, 11) is -7.61. The molecule has 0 saturated heterocycles. The van der Waals surface area contributed by atoms with Gasteiger partial charge < -0.3 is 73.2 Å². The van der Waals surface area contributed by atoms with Crippen molar-refractivity contribution in [3.8, 4) is 0 Å². The number of benzene rings is 10. The van der Waals surface area contributed by atoms with Gasteiger partial charge in [0.2, 0.25) is 71.4 Å². The van der Waals surface area contributed by atoms with Crippen LogP contribution in [0.3, 0.4) is 0 Å². The molecule has 4 heterocycles. The van der Waals surface area contributed by atoms with E-state index in [0.717, 1.165) is 62.6 Å². The van der Waals surface area contributed by atoms with Gasteiger partial charge in [-0.05, 0) is 171 Å². The summed E-state index contributed by atoms with van der Waals surface area (Å²) >= 11 is 0. The topological polar surface area (TPSA) is 495 Å². The lowest BCUT2D eigenvalue weighted by atomic mass is 10.2. The summed E-state index contributed by atoms with van der Waals surface area (Å²) in [6.45, 7) is 7.50. The fourth-order valence-corrected chi connectivity index (χ4v) is 15.4. The Morgan fingerprint density at radius 1 is 0.273 bits per heavy atom. The normalized spacial score (nSPS) is 11.3. The third kappa shape index (κ3) is 28.4. The number of hydrogen-bond donors (Lipinski definition) is 12. The third-order valence-corrected chi connectivity index (χ3v) is 23.8. The molecule has 42 heteroatoms. The largest absolute Gasteiger partial charge is 0.395 e. The van der Waals surface area contributed by atoms with E-state index in [1.165, 1.54) is 24.3 Å². The number of likely N-dealkylation sites (N-methyl/N-ethyl adjacent to an activating group) is 2. The first-order valence-electron chi connectivity index (χ1n) is 40.2. The van der Waals surface area contributed by atoms with Crippen molar-refractivity contribution >= 4 is 181 Å². The van der Waals surface area contributed by atoms with Crippen LogP contribution in [0.5, 0.6) is 0 Å². The van der Waals surface area contributed by atoms with Crippen LogP contribution in [-0.4, -0.2) is 173 Å². The highest BCUT2D eigenvalue weighted by molar-refractivity contribution is 7.87. The smallest absolute Gasteiger partial charge is 0.297 e. The van der Waals surface area contributed by atoms with Crippen LogP contribution >= 0.6 is 0 Å². The quantitative estimate of drug-likeness (QED) is 0.0162. The van der Waals surface area contributed by atoms with E-state index < -0.39 is 40.5 Å². The Morgan fingerprint density at radius 2 is 0.462 bits per heavy atom. The first-order chi connectivity index (χ1) is 63.6. The van der Waals surface area contributed by atoms with Gasteiger partial charge in [-0.1, -0.05) is 158 Å². The summed E-state index contributed by atoms with van der Waals surface area (Å²) in [5, 5.41) is 49.6. The van der Waals surface area contributed by atoms with E-state index in [2.05, 4.69) is 121 Å². The molecule has 0 bridgehead atoms. The van der Waals surface area contributed by atoms with Gasteiger partial charge in [-0.15, -0.1) is 0 Å². The molecule has 0 aliphatic heterocycles. The van der Waals surface area contributed by atoms with E-state index in [-0.39, 0.29) is 62.5 Å². The molecule has 132 heavy (non-hydrogen) atoms. The van der Waals surface area contributed by atoms with E-state index in [1.54, 1.807) is 118 Å². The van der Waals surface area contributed by atoms with Gasteiger partial charge in [0.25, 0.3) is 40.5 Å². The summed E-state index contributed by atoms with van der Waals surface area (Å²) in [6, 6.07) is 76.3. The molecule has 4 aromatic heterocycles. The van der Waals surface area contributed by atoms with Gasteiger partial charge >= 0.3 is 0 Å². The van der Waals surface area contributed by atoms with E-state index in [9.17, 15) is 43.9 Å². The molecule has 0 radical (unpaired) electrons. The Kier molecular flexibility index (Phi) is 34.5. The number of nitrogens with zero attached hydrogens (tertiary/aromatic N) is 14. The first kappa shape index (κ1) is 97.5. The molecule has 0 atom stereocenters. The number of aromatic nitrogens is 12. The summed E-state index contributed by atoms with van der Waals surface area (Å²) in [6.07, 6.45) is 6.88. The standard InChI is InChI=1S/C25H24N6O3S.C23H22N6O3S.C22H26N6O4S.C20H24N6O4S/c1-3-10-18-15-16-21(17-22(18)35(32,33)34-2)28-25-30-23(26-19-11-6-4-7-12-19)29-24(31-25)27-20-13-8-5-9-14-20;1-16-13-14-19(15-20(16)33(30,31)32-2)26-23-28-21(24-17-9-5-3-6-10-17)27-22(29-23)25-18-11-7-4-8-12-18;1-4-8-16-11-12-18(15-19(16)33(30,31)32-3)24-21-25-20(23-17-9-6-5-7-10-17)26-22(27-21)28(2)13-14-29;1-14-9-10-16(13-17(14)31(28,29)30-3)22-19-23-18(21-15-7-5-4-6-8-15)24-20(25-19)26(2)11-12-27/h3-17H,1-2H3,(H3,26,27,28,29,30,31);3-15H,1-2H3,(H3,24,25,26,27,28,29);4-12,15,29H,13-14H2,1-3H3,(H2,23,24,25,26,27);4-10,13,27H,11-12H2,1-3H3,(H2,21,22,23,24,25). The highest BCUT2D eigenvalue weighted by Gasteiger charge is 2.24. The van der Waals surface area contributed by atoms with Gasteiger partial charge in [0, 0.05) is 84.1 Å². The number of anilines is 22. The number of hydrogen-bond acceptors (Lipinski definition) is 38. The van der Waals surface area contributed by atoms with E-state index in [4.69, 9.17) is 8.37 Å². The van der Waals surface area contributed by atoms with Gasteiger partial charge in [0.05, 0.1) is 51.4 Å². The van der Waals surface area contributed by atoms with Crippen LogP contribution in [0.1, 0.15) is 36.1 Å². The van der Waals surface area contributed by atoms with Crippen LogP contribution in [0.25, 0.3) is 12.2 Å². The fourth-order valence-electron chi connectivity index (χ4n) is 11.8. The average molecular weight is 1870 g/mol. The first-order valence-corrected chi connectivity index (χ1v) is 45.9. The van der Waals surface area contributed by atoms with Gasteiger partial charge in [0.15, 0.2) is 0 Å². The number of allylic oxidation sites excluding steroid dienone is 2. The van der Waals surface area contributed by atoms with Crippen molar-refractivity contribution in [2.45, 2.75) is 47.3 Å². The van der Waals surface area contributed by atoms with Crippen molar-refractivity contribution in [2.75, 3.05) is 132 Å². The maximum absolute atomic E-state index is 12.5. The maximum atomic E-state index is 12.5. The molecular formula is C90H96N24O14S4. The zero-order valence-corrected chi connectivity index (χ0v) is 76.3. The number of rotatable bonds is 36. The van der Waals surface area contributed by atoms with Crippen LogP contribution in [0.4, 0.5) is 128 Å². The predicted molar refractivity (Wildman–Crippen MR) is 513 cm³/mol. The number of aliphatic hydroxyl groups excluding tert-OH is 2. The molecule has 0 amide bonds. The molecule has 14 aromatic rings. The number of para-hydroxylation sites is 6. The highest BCUT2D eigenvalue weighted by atomic mass is 32.2. The van der Waals surface area contributed by atoms with Gasteiger partial charge in [-0.25, -0.2) is 0 Å². The van der Waals surface area contributed by atoms with E-state index in [0.29, 0.717) is 99.7 Å². The fraction of sp³-hybridized carbons (Fsp3) is 0.156. The lowest BCUT2D eigenvalue weighted by Gasteiger charge is -2.18. The second-order valence-corrected chi connectivity index (χ2v) is 34.6. The zero-order valence-electron chi connectivity index (χ0n) is 73.1. The Bertz CT molecular complexity index is 6630. The van der Waals surface area contributed by atoms with Crippen molar-refractivity contribution in [1.82, 2.24) is 59.8 Å². The highest BCUT2D eigenvalue weighted by Crippen LogP contribution is 2.33. The van der Waals surface area contributed by atoms with Gasteiger partial charge in [0.1, 0.15) is 9.79 Å². The Labute approximate surface area is 764 Å². The number of aliphatic hydroxyl groups is 2. The summed E-state index contributed by atoms with van der Waals surface area (Å²) < 4.78 is 117. The molecule has 0 fully saturated rings. The van der Waals surface area contributed by atoms with Crippen LogP contribution in [0.2, 0.25) is 0 Å². The molecule has 0 unspecified atom stereocenters. The van der Waals surface area contributed by atoms with E-state index in [1.807, 2.05) is 189 Å². The van der Waals surface area contributed by atoms with Crippen LogP contribution in [-0.2, 0) is 57.2 Å².